The number of aromatic nitrogens is 1. The Morgan fingerprint density at radius 1 is 1.42 bits per heavy atom. The monoisotopic (exact) mass is 341 g/mol. The van der Waals surface area contributed by atoms with Crippen molar-refractivity contribution in [2.75, 3.05) is 5.32 Å². The van der Waals surface area contributed by atoms with Crippen molar-refractivity contribution in [2.45, 2.75) is 6.54 Å². The Morgan fingerprint density at radius 3 is 2.89 bits per heavy atom. The molecule has 0 atom stereocenters. The molecule has 0 amide bonds. The number of nitrogens with zero attached hydrogens (tertiary/aromatic N) is 2. The summed E-state index contributed by atoms with van der Waals surface area (Å²) in [6.07, 6.45) is 1.50. The van der Waals surface area contributed by atoms with Gasteiger partial charge in [0.25, 0.3) is 0 Å². The second-order valence-electron chi connectivity index (χ2n) is 3.73. The normalized spacial score (nSPS) is 10.2. The third-order valence-corrected chi connectivity index (χ3v) is 3.28. The van der Waals surface area contributed by atoms with Crippen molar-refractivity contribution in [3.63, 3.8) is 0 Å². The maximum Gasteiger partial charge on any atom is 0.325 e. The highest BCUT2D eigenvalue weighted by Crippen LogP contribution is 2.30. The molecule has 2 aromatic rings. The zero-order chi connectivity index (χ0) is 13.8. The highest BCUT2D eigenvalue weighted by Gasteiger charge is 2.19. The van der Waals surface area contributed by atoms with Crippen molar-refractivity contribution in [3.8, 4) is 0 Å². The van der Waals surface area contributed by atoms with Crippen LogP contribution in [0.2, 0.25) is 5.02 Å². The van der Waals surface area contributed by atoms with Gasteiger partial charge in [-0.25, -0.2) is 4.98 Å². The van der Waals surface area contributed by atoms with Crippen LogP contribution in [0, 0.1) is 10.1 Å². The Kier molecular flexibility index (Phi) is 4.34. The number of nitro groups is 1. The second kappa shape index (κ2) is 5.99. The standard InChI is InChI=1S/C12H9BrClN3O2/c13-10-4-5-15-12(11(10)17(18)19)16-7-8-2-1-3-9(14)6-8/h1-6H,7H2,(H,15,16). The van der Waals surface area contributed by atoms with E-state index in [-0.39, 0.29) is 11.5 Å². The van der Waals surface area contributed by atoms with Gasteiger partial charge in [-0.3, -0.25) is 10.1 Å². The summed E-state index contributed by atoms with van der Waals surface area (Å²) in [5, 5.41) is 14.5. The predicted octanol–water partition coefficient (Wildman–Crippen LogP) is 4.02. The van der Waals surface area contributed by atoms with Crippen LogP contribution in [-0.2, 0) is 6.54 Å². The van der Waals surface area contributed by atoms with Crippen LogP contribution in [0.4, 0.5) is 11.5 Å². The lowest BCUT2D eigenvalue weighted by atomic mass is 10.2. The Labute approximate surface area is 122 Å². The molecule has 0 saturated carbocycles. The number of hydrogen-bond acceptors (Lipinski definition) is 4. The average molecular weight is 343 g/mol. The zero-order valence-corrected chi connectivity index (χ0v) is 12.0. The Hall–Kier alpha value is -1.66. The van der Waals surface area contributed by atoms with Crippen LogP contribution in [0.3, 0.4) is 0 Å². The minimum absolute atomic E-state index is 0.0791. The van der Waals surface area contributed by atoms with Crippen molar-refractivity contribution in [3.05, 3.63) is 61.7 Å². The molecule has 1 N–H and O–H groups in total. The van der Waals surface area contributed by atoms with Gasteiger partial charge in [0.2, 0.25) is 5.82 Å². The van der Waals surface area contributed by atoms with E-state index in [1.807, 2.05) is 12.1 Å². The second-order valence-corrected chi connectivity index (χ2v) is 5.02. The van der Waals surface area contributed by atoms with Crippen molar-refractivity contribution < 1.29 is 4.92 Å². The number of benzene rings is 1. The molecule has 0 aliphatic rings. The molecule has 1 aromatic carbocycles. The van der Waals surface area contributed by atoms with Gasteiger partial charge in [-0.15, -0.1) is 0 Å². The van der Waals surface area contributed by atoms with E-state index in [9.17, 15) is 10.1 Å². The van der Waals surface area contributed by atoms with Gasteiger partial charge < -0.3 is 5.32 Å². The van der Waals surface area contributed by atoms with E-state index in [0.717, 1.165) is 5.56 Å². The third-order valence-electron chi connectivity index (χ3n) is 2.41. The van der Waals surface area contributed by atoms with Crippen LogP contribution in [0.5, 0.6) is 0 Å². The highest BCUT2D eigenvalue weighted by molar-refractivity contribution is 9.10. The summed E-state index contributed by atoms with van der Waals surface area (Å²) in [6, 6.07) is 8.79. The number of hydrogen-bond donors (Lipinski definition) is 1. The van der Waals surface area contributed by atoms with E-state index in [0.29, 0.717) is 16.0 Å². The molecule has 0 spiro atoms. The van der Waals surface area contributed by atoms with Gasteiger partial charge in [-0.2, -0.15) is 0 Å². The minimum atomic E-state index is -0.475. The molecular formula is C12H9BrClN3O2. The van der Waals surface area contributed by atoms with Gasteiger partial charge in [-0.1, -0.05) is 23.7 Å². The van der Waals surface area contributed by atoms with Crippen LogP contribution < -0.4 is 5.32 Å². The van der Waals surface area contributed by atoms with Gasteiger partial charge in [0.15, 0.2) is 0 Å². The fraction of sp³-hybridized carbons (Fsp3) is 0.0833. The van der Waals surface area contributed by atoms with E-state index in [1.165, 1.54) is 12.3 Å². The van der Waals surface area contributed by atoms with Crippen molar-refractivity contribution in [1.29, 1.82) is 0 Å². The first-order valence-corrected chi connectivity index (χ1v) is 6.52. The number of pyridine rings is 1. The summed E-state index contributed by atoms with van der Waals surface area (Å²) in [6.45, 7) is 0.408. The Balaban J connectivity index is 2.20. The molecule has 98 valence electrons. The molecule has 2 rings (SSSR count). The smallest absolute Gasteiger partial charge is 0.325 e. The first-order valence-electron chi connectivity index (χ1n) is 5.35. The molecule has 0 aliphatic heterocycles. The van der Waals surface area contributed by atoms with E-state index >= 15 is 0 Å². The summed E-state index contributed by atoms with van der Waals surface area (Å²) in [4.78, 5) is 14.5. The van der Waals surface area contributed by atoms with Gasteiger partial charge >= 0.3 is 5.69 Å². The molecule has 19 heavy (non-hydrogen) atoms. The molecule has 0 saturated heterocycles. The van der Waals surface area contributed by atoms with Crippen LogP contribution in [0.25, 0.3) is 0 Å². The molecule has 0 radical (unpaired) electrons. The number of rotatable bonds is 4. The van der Waals surface area contributed by atoms with Gasteiger partial charge in [0.05, 0.1) is 4.92 Å². The summed E-state index contributed by atoms with van der Waals surface area (Å²) < 4.78 is 0.390. The van der Waals surface area contributed by atoms with Crippen molar-refractivity contribution >= 4 is 39.0 Å². The number of halogens is 2. The Morgan fingerprint density at radius 2 is 2.21 bits per heavy atom. The van der Waals surface area contributed by atoms with E-state index in [1.54, 1.807) is 12.1 Å². The lowest BCUT2D eigenvalue weighted by Gasteiger charge is -2.07. The zero-order valence-electron chi connectivity index (χ0n) is 9.64. The van der Waals surface area contributed by atoms with Crippen LogP contribution >= 0.6 is 27.5 Å². The van der Waals surface area contributed by atoms with E-state index in [4.69, 9.17) is 11.6 Å². The van der Waals surface area contributed by atoms with Crippen molar-refractivity contribution in [1.82, 2.24) is 4.98 Å². The first-order chi connectivity index (χ1) is 9.08. The highest BCUT2D eigenvalue weighted by atomic mass is 79.9. The van der Waals surface area contributed by atoms with E-state index < -0.39 is 4.92 Å². The maximum atomic E-state index is 11.0. The fourth-order valence-corrected chi connectivity index (χ4v) is 2.23. The fourth-order valence-electron chi connectivity index (χ4n) is 1.57. The largest absolute Gasteiger partial charge is 0.360 e. The lowest BCUT2D eigenvalue weighted by molar-refractivity contribution is -0.385. The molecule has 0 fully saturated rings. The summed E-state index contributed by atoms with van der Waals surface area (Å²) >= 11 is 9.02. The third kappa shape index (κ3) is 3.42. The first kappa shape index (κ1) is 13.8. The summed E-state index contributed by atoms with van der Waals surface area (Å²) in [5.41, 5.74) is 0.841. The number of nitrogens with one attached hydrogen (secondary N) is 1. The molecule has 1 heterocycles. The van der Waals surface area contributed by atoms with Crippen LogP contribution in [0.15, 0.2) is 41.0 Å². The Bertz CT molecular complexity index is 622. The quantitative estimate of drug-likeness (QED) is 0.673. The maximum absolute atomic E-state index is 11.0. The van der Waals surface area contributed by atoms with Gasteiger partial charge in [0, 0.05) is 17.8 Å². The SMILES string of the molecule is O=[N+]([O-])c1c(Br)ccnc1NCc1cccc(Cl)c1. The summed E-state index contributed by atoms with van der Waals surface area (Å²) in [5.74, 6) is 0.222. The molecule has 1 aromatic heterocycles. The summed E-state index contributed by atoms with van der Waals surface area (Å²) in [7, 11) is 0. The molecule has 0 unspecified atom stereocenters. The average Bonchev–Trinajstić information content (AvgIpc) is 2.36. The topological polar surface area (TPSA) is 68.1 Å². The number of anilines is 1. The molecule has 0 aliphatic carbocycles. The van der Waals surface area contributed by atoms with Gasteiger partial charge in [0.1, 0.15) is 4.47 Å². The van der Waals surface area contributed by atoms with Gasteiger partial charge in [-0.05, 0) is 39.7 Å². The lowest BCUT2D eigenvalue weighted by Crippen LogP contribution is -2.05. The predicted molar refractivity (Wildman–Crippen MR) is 77.4 cm³/mol. The van der Waals surface area contributed by atoms with Crippen LogP contribution in [-0.4, -0.2) is 9.91 Å². The van der Waals surface area contributed by atoms with Crippen molar-refractivity contribution in [2.24, 2.45) is 0 Å². The molecule has 7 heteroatoms. The molecule has 5 nitrogen and oxygen atoms in total. The van der Waals surface area contributed by atoms with Crippen LogP contribution in [0.1, 0.15) is 5.56 Å². The molecular weight excluding hydrogens is 334 g/mol. The van der Waals surface area contributed by atoms with E-state index in [2.05, 4.69) is 26.2 Å². The minimum Gasteiger partial charge on any atom is -0.360 e. The molecule has 0 bridgehead atoms.